The number of aliphatic hydroxyl groups is 2. The lowest BCUT2D eigenvalue weighted by Crippen LogP contribution is -2.48. The smallest absolute Gasteiger partial charge is 0.331 e. The normalized spacial score (nSPS) is 27.8. The summed E-state index contributed by atoms with van der Waals surface area (Å²) in [5, 5.41) is 31.5. The number of nitrogens with zero attached hydrogens (tertiary/aromatic N) is 2. The molecular formula is C31H29N3O9. The van der Waals surface area contributed by atoms with Gasteiger partial charge in [0.15, 0.2) is 5.78 Å². The minimum Gasteiger partial charge on any atom is -0.507 e. The van der Waals surface area contributed by atoms with Crippen LogP contribution >= 0.6 is 0 Å². The van der Waals surface area contributed by atoms with E-state index < -0.39 is 54.4 Å². The molecule has 0 saturated carbocycles. The van der Waals surface area contributed by atoms with Gasteiger partial charge in [0.25, 0.3) is 0 Å². The first-order chi connectivity index (χ1) is 20.6. The maximum absolute atomic E-state index is 14.5. The number of hydrogen-bond acceptors (Lipinski definition) is 11. The van der Waals surface area contributed by atoms with E-state index in [1.807, 2.05) is 0 Å². The number of aliphatic hydroxyl groups excluding tert-OH is 2. The predicted molar refractivity (Wildman–Crippen MR) is 148 cm³/mol. The van der Waals surface area contributed by atoms with Crippen molar-refractivity contribution in [2.75, 3.05) is 0 Å². The summed E-state index contributed by atoms with van der Waals surface area (Å²) in [6.07, 6.45) is -1.15. The maximum Gasteiger partial charge on any atom is 0.331 e. The third-order valence-electron chi connectivity index (χ3n) is 8.51. The summed E-state index contributed by atoms with van der Waals surface area (Å²) in [5.74, 6) is -1.80. The van der Waals surface area contributed by atoms with Gasteiger partial charge in [-0.05, 0) is 50.5 Å². The third-order valence-corrected chi connectivity index (χ3v) is 8.51. The molecule has 3 aliphatic heterocycles. The molecule has 2 aromatic carbocycles. The fraction of sp³-hybridized carbons (Fsp3) is 0.355. The topological polar surface area (TPSA) is 172 Å². The molecule has 2 saturated heterocycles. The van der Waals surface area contributed by atoms with Crippen molar-refractivity contribution in [3.05, 3.63) is 82.1 Å². The molecule has 6 atom stereocenters. The van der Waals surface area contributed by atoms with E-state index in [1.165, 1.54) is 24.5 Å². The number of phenols is 1. The van der Waals surface area contributed by atoms with Crippen LogP contribution in [0.5, 0.6) is 11.5 Å². The molecule has 4 aliphatic rings. The Hall–Kier alpha value is -4.52. The summed E-state index contributed by atoms with van der Waals surface area (Å²) < 4.78 is 17.6. The minimum atomic E-state index is -1.11. The first-order valence-electron chi connectivity index (χ1n) is 14.1. The van der Waals surface area contributed by atoms with Gasteiger partial charge in [-0.25, -0.2) is 9.78 Å². The number of carbonyl (C=O) groups excluding carboxylic acids is 3. The first kappa shape index (κ1) is 27.3. The summed E-state index contributed by atoms with van der Waals surface area (Å²) in [6, 6.07) is 6.94. The summed E-state index contributed by atoms with van der Waals surface area (Å²) in [5.41, 5.74) is 2.03. The molecule has 1 aliphatic carbocycles. The Labute approximate surface area is 245 Å². The number of Topliss-reactive ketones (excluding diaryl/α,β-unsaturated/α-hetero) is 2. The van der Waals surface area contributed by atoms with Crippen molar-refractivity contribution < 1.29 is 43.9 Å². The van der Waals surface area contributed by atoms with Gasteiger partial charge in [0.2, 0.25) is 18.3 Å². The monoisotopic (exact) mass is 587 g/mol. The van der Waals surface area contributed by atoms with Crippen LogP contribution in [0.4, 0.5) is 0 Å². The second-order valence-corrected chi connectivity index (χ2v) is 11.3. The lowest BCUT2D eigenvalue weighted by Gasteiger charge is -2.39. The number of aromatic hydroxyl groups is 1. The van der Waals surface area contributed by atoms with Crippen LogP contribution in [0.3, 0.4) is 0 Å². The SMILES string of the molecule is Cc1cc(O)c2c(c1)C1OC(=O)C(CCc3cnc[nH]3)N1C1=C2C(=O)c2cccc(OC3CC(O)C(O)C(C)O3)c2C1=O. The molecule has 0 bridgehead atoms. The Morgan fingerprint density at radius 2 is 1.95 bits per heavy atom. The second kappa shape index (κ2) is 10.0. The molecule has 3 aromatic rings. The highest BCUT2D eigenvalue weighted by molar-refractivity contribution is 6.41. The molecule has 43 heavy (non-hydrogen) atoms. The van der Waals surface area contributed by atoms with Crippen LogP contribution in [0.25, 0.3) is 5.57 Å². The van der Waals surface area contributed by atoms with Crippen molar-refractivity contribution >= 4 is 23.1 Å². The molecule has 0 amide bonds. The largest absolute Gasteiger partial charge is 0.507 e. The average Bonchev–Trinajstić information content (AvgIpc) is 3.60. The highest BCUT2D eigenvalue weighted by Crippen LogP contribution is 2.52. The fourth-order valence-corrected chi connectivity index (χ4v) is 6.49. The average molecular weight is 588 g/mol. The second-order valence-electron chi connectivity index (χ2n) is 11.3. The molecule has 0 radical (unpaired) electrons. The number of phenolic OH excluding ortho intramolecular Hbond substituents is 1. The van der Waals surface area contributed by atoms with Crippen LogP contribution in [0.2, 0.25) is 0 Å². The van der Waals surface area contributed by atoms with Crippen LogP contribution in [-0.4, -0.2) is 78.4 Å². The lowest BCUT2D eigenvalue weighted by atomic mass is 9.78. The van der Waals surface area contributed by atoms with Gasteiger partial charge < -0.3 is 39.4 Å². The molecule has 4 N–H and O–H groups in total. The van der Waals surface area contributed by atoms with Crippen LogP contribution in [-0.2, 0) is 20.7 Å². The van der Waals surface area contributed by atoms with E-state index in [1.54, 1.807) is 37.1 Å². The van der Waals surface area contributed by atoms with Gasteiger partial charge in [0.1, 0.15) is 29.3 Å². The number of imidazole rings is 1. The van der Waals surface area contributed by atoms with E-state index in [4.69, 9.17) is 14.2 Å². The molecule has 6 unspecified atom stereocenters. The number of aromatic amines is 1. The van der Waals surface area contributed by atoms with Crippen LogP contribution in [0, 0.1) is 6.92 Å². The van der Waals surface area contributed by atoms with Crippen molar-refractivity contribution in [2.45, 2.75) is 70.0 Å². The van der Waals surface area contributed by atoms with Crippen molar-refractivity contribution in [3.8, 4) is 11.5 Å². The number of aromatic nitrogens is 2. The minimum absolute atomic E-state index is 0.00989. The van der Waals surface area contributed by atoms with Gasteiger partial charge in [0, 0.05) is 35.0 Å². The summed E-state index contributed by atoms with van der Waals surface area (Å²) in [4.78, 5) is 50.7. The Balaban J connectivity index is 1.35. The number of ether oxygens (including phenoxy) is 3. The maximum atomic E-state index is 14.5. The number of H-pyrrole nitrogens is 1. The van der Waals surface area contributed by atoms with Gasteiger partial charge in [-0.3, -0.25) is 9.59 Å². The fourth-order valence-electron chi connectivity index (χ4n) is 6.49. The number of ketones is 2. The van der Waals surface area contributed by atoms with Crippen molar-refractivity contribution in [1.29, 1.82) is 0 Å². The van der Waals surface area contributed by atoms with Crippen molar-refractivity contribution in [2.24, 2.45) is 0 Å². The Morgan fingerprint density at radius 3 is 2.70 bits per heavy atom. The van der Waals surface area contributed by atoms with E-state index in [0.717, 1.165) is 5.69 Å². The molecule has 0 spiro atoms. The molecule has 12 nitrogen and oxygen atoms in total. The van der Waals surface area contributed by atoms with Crippen LogP contribution in [0.15, 0.2) is 48.6 Å². The Kier molecular flexibility index (Phi) is 6.38. The number of nitrogens with one attached hydrogen (secondary N) is 1. The predicted octanol–water partition coefficient (Wildman–Crippen LogP) is 2.32. The molecular weight excluding hydrogens is 558 g/mol. The number of hydrogen-bond donors (Lipinski definition) is 4. The molecule has 1 aromatic heterocycles. The first-order valence-corrected chi connectivity index (χ1v) is 14.1. The van der Waals surface area contributed by atoms with Gasteiger partial charge in [-0.2, -0.15) is 0 Å². The van der Waals surface area contributed by atoms with E-state index >= 15 is 0 Å². The number of aryl methyl sites for hydroxylation is 2. The number of allylic oxidation sites excluding steroid dienone is 2. The van der Waals surface area contributed by atoms with E-state index in [2.05, 4.69) is 9.97 Å². The van der Waals surface area contributed by atoms with Gasteiger partial charge >= 0.3 is 5.97 Å². The standard InChI is InChI=1S/C31H29N3O9/c1-13-8-17-23(19(35)9-13)25-26(34-18(31(40)43-30(17)34)7-6-15-11-32-12-33-15)29(39)24-16(28(25)38)4-3-5-21(24)42-22-10-20(36)27(37)14(2)41-22/h3-5,8-9,11-12,14,18,20,22,27,30,35-37H,6-7,10H2,1-2H3,(H,32,33). The molecule has 222 valence electrons. The molecule has 2 fully saturated rings. The zero-order valence-corrected chi connectivity index (χ0v) is 23.3. The van der Waals surface area contributed by atoms with E-state index in [9.17, 15) is 29.7 Å². The van der Waals surface area contributed by atoms with Gasteiger partial charge in [0.05, 0.1) is 29.7 Å². The highest BCUT2D eigenvalue weighted by atomic mass is 16.7. The van der Waals surface area contributed by atoms with Crippen molar-refractivity contribution in [1.82, 2.24) is 14.9 Å². The number of fused-ring (bicyclic) bond motifs is 6. The number of esters is 1. The Bertz CT molecular complexity index is 1690. The summed E-state index contributed by atoms with van der Waals surface area (Å²) in [6.45, 7) is 3.37. The van der Waals surface area contributed by atoms with Gasteiger partial charge in [-0.15, -0.1) is 0 Å². The summed E-state index contributed by atoms with van der Waals surface area (Å²) in [7, 11) is 0. The number of carbonyl (C=O) groups is 3. The van der Waals surface area contributed by atoms with Gasteiger partial charge in [-0.1, -0.05) is 12.1 Å². The Morgan fingerprint density at radius 1 is 1.14 bits per heavy atom. The quantitative estimate of drug-likeness (QED) is 0.323. The summed E-state index contributed by atoms with van der Waals surface area (Å²) >= 11 is 0. The molecule has 12 heteroatoms. The van der Waals surface area contributed by atoms with E-state index in [0.29, 0.717) is 17.5 Å². The van der Waals surface area contributed by atoms with E-state index in [-0.39, 0.29) is 52.3 Å². The lowest BCUT2D eigenvalue weighted by molar-refractivity contribution is -0.216. The number of benzene rings is 2. The molecule has 4 heterocycles. The molecule has 7 rings (SSSR count). The third kappa shape index (κ3) is 4.24. The van der Waals surface area contributed by atoms with Crippen molar-refractivity contribution in [3.63, 3.8) is 0 Å². The zero-order chi connectivity index (χ0) is 30.2. The zero-order valence-electron chi connectivity index (χ0n) is 23.3. The highest BCUT2D eigenvalue weighted by Gasteiger charge is 2.54. The van der Waals surface area contributed by atoms with Crippen LogP contribution < -0.4 is 4.74 Å². The number of rotatable bonds is 5. The van der Waals surface area contributed by atoms with Crippen LogP contribution in [0.1, 0.15) is 69.1 Å².